The van der Waals surface area contributed by atoms with E-state index >= 15 is 8.63 Å². The van der Waals surface area contributed by atoms with Crippen LogP contribution in [0.15, 0.2) is 50.3 Å². The third kappa shape index (κ3) is 3.51. The molecule has 0 aliphatic carbocycles. The number of halogens is 3. The number of aromatic nitrogens is 1. The molecule has 0 amide bonds. The number of aryl methyl sites for hydroxylation is 3. The Morgan fingerprint density at radius 1 is 1.12 bits per heavy atom. The van der Waals surface area contributed by atoms with Crippen LogP contribution >= 0.6 is 22.6 Å². The molecule has 0 saturated carbocycles. The number of azide groups is 1. The van der Waals surface area contributed by atoms with Crippen LogP contribution in [0.1, 0.15) is 54.8 Å². The van der Waals surface area contributed by atoms with E-state index in [1.807, 2.05) is 32.0 Å². The van der Waals surface area contributed by atoms with Gasteiger partial charge in [-0.3, -0.25) is 0 Å². The first-order valence-electron chi connectivity index (χ1n) is 10.8. The van der Waals surface area contributed by atoms with E-state index in [1.54, 1.807) is 13.8 Å². The van der Waals surface area contributed by atoms with E-state index in [1.165, 1.54) is 14.5 Å². The summed E-state index contributed by atoms with van der Waals surface area (Å²) in [6, 6.07) is 10.1. The van der Waals surface area contributed by atoms with Gasteiger partial charge in [-0.1, -0.05) is 29.4 Å². The fraction of sp³-hybridized carbons (Fsp3) is 0.348. The van der Waals surface area contributed by atoms with Gasteiger partial charge in [-0.05, 0) is 96.6 Å². The molecule has 0 unspecified atom stereocenters. The number of unbranched alkanes of at least 4 members (excludes halogenated alkanes) is 1. The van der Waals surface area contributed by atoms with E-state index < -0.39 is 6.97 Å². The van der Waals surface area contributed by atoms with Crippen molar-refractivity contribution in [2.45, 2.75) is 47.0 Å². The highest BCUT2D eigenvalue weighted by atomic mass is 127. The Morgan fingerprint density at radius 2 is 1.81 bits per heavy atom. The van der Waals surface area contributed by atoms with Crippen LogP contribution in [0.3, 0.4) is 0 Å². The molecule has 3 heterocycles. The Bertz CT molecular complexity index is 1250. The van der Waals surface area contributed by atoms with Crippen molar-refractivity contribution >= 4 is 40.8 Å². The quantitative estimate of drug-likeness (QED) is 0.0942. The Balaban J connectivity index is 1.82. The first kappa shape index (κ1) is 22.8. The summed E-state index contributed by atoms with van der Waals surface area (Å²) in [5.41, 5.74) is 15.5. The van der Waals surface area contributed by atoms with Gasteiger partial charge in [-0.15, -0.1) is 0 Å². The average molecular weight is 547 g/mol. The van der Waals surface area contributed by atoms with Gasteiger partial charge in [0.15, 0.2) is 5.70 Å². The minimum atomic E-state index is -3.97. The second-order valence-corrected chi connectivity index (χ2v) is 9.58. The molecule has 32 heavy (non-hydrogen) atoms. The first-order valence-corrected chi connectivity index (χ1v) is 11.8. The molecule has 166 valence electrons. The molecule has 2 aromatic rings. The number of fused-ring (bicyclic) bond motifs is 2. The molecule has 0 saturated heterocycles. The van der Waals surface area contributed by atoms with Gasteiger partial charge < -0.3 is 17.6 Å². The van der Waals surface area contributed by atoms with Crippen LogP contribution in [0, 0.1) is 13.8 Å². The predicted molar refractivity (Wildman–Crippen MR) is 134 cm³/mol. The summed E-state index contributed by atoms with van der Waals surface area (Å²) in [4.78, 5) is 2.78. The van der Waals surface area contributed by atoms with Crippen molar-refractivity contribution in [1.29, 1.82) is 0 Å². The third-order valence-electron chi connectivity index (χ3n) is 6.40. The van der Waals surface area contributed by atoms with Gasteiger partial charge >= 0.3 is 6.97 Å². The standard InChI is InChI=1S/C23H25BF2IN5/c1-14-13-15(2)31-22(14)20(23-16(3)21(27)17(4)32(23)24(31,25)26)19-10-8-18(9-11-19)7-5-6-12-29-30-28/h8-11,13H,5-7,12H2,1-4H3. The number of rotatable bonds is 6. The van der Waals surface area contributed by atoms with Crippen LogP contribution in [0.2, 0.25) is 0 Å². The van der Waals surface area contributed by atoms with Crippen molar-refractivity contribution in [1.82, 2.24) is 4.48 Å². The zero-order valence-electron chi connectivity index (χ0n) is 18.7. The summed E-state index contributed by atoms with van der Waals surface area (Å²) >= 11 is 2.18. The summed E-state index contributed by atoms with van der Waals surface area (Å²) in [5, 5.41) is 3.57. The fourth-order valence-corrected chi connectivity index (χ4v) is 5.47. The van der Waals surface area contributed by atoms with Gasteiger partial charge in [0.1, 0.15) is 5.71 Å². The largest absolute Gasteiger partial charge is 0.737 e. The second kappa shape index (κ2) is 8.52. The van der Waals surface area contributed by atoms with Gasteiger partial charge in [-0.25, -0.2) is 0 Å². The zero-order valence-corrected chi connectivity index (χ0v) is 20.8. The number of hydrogen-bond acceptors (Lipinski definition) is 1. The van der Waals surface area contributed by atoms with Crippen LogP contribution in [-0.2, 0) is 6.42 Å². The summed E-state index contributed by atoms with van der Waals surface area (Å²) in [5.74, 6) is 0. The molecule has 0 spiro atoms. The third-order valence-corrected chi connectivity index (χ3v) is 7.99. The maximum absolute atomic E-state index is 15.8. The molecule has 0 atom stereocenters. The lowest BCUT2D eigenvalue weighted by Gasteiger charge is -2.34. The molecule has 9 heteroatoms. The van der Waals surface area contributed by atoms with Gasteiger partial charge in [0.25, 0.3) is 0 Å². The Morgan fingerprint density at radius 3 is 2.47 bits per heavy atom. The summed E-state index contributed by atoms with van der Waals surface area (Å²) in [7, 11) is 0. The Hall–Kier alpha value is -2.39. The fourth-order valence-electron chi connectivity index (χ4n) is 4.96. The lowest BCUT2D eigenvalue weighted by molar-refractivity contribution is -0.363. The molecule has 0 N–H and O–H groups in total. The van der Waals surface area contributed by atoms with Crippen LogP contribution < -0.4 is 0 Å². The molecular formula is C23H25BF2IN5. The van der Waals surface area contributed by atoms with E-state index in [2.05, 4.69) is 44.7 Å². The molecule has 0 radical (unpaired) electrons. The molecule has 1 aromatic carbocycles. The Labute approximate surface area is 200 Å². The van der Waals surface area contributed by atoms with E-state index in [9.17, 15) is 0 Å². The average Bonchev–Trinajstić information content (AvgIpc) is 3.18. The van der Waals surface area contributed by atoms with Crippen molar-refractivity contribution in [2.24, 2.45) is 5.11 Å². The van der Waals surface area contributed by atoms with E-state index in [-0.39, 0.29) is 0 Å². The molecule has 5 nitrogen and oxygen atoms in total. The highest BCUT2D eigenvalue weighted by molar-refractivity contribution is 14.1. The number of hydrogen-bond donors (Lipinski definition) is 0. The molecule has 1 aromatic heterocycles. The van der Waals surface area contributed by atoms with Crippen molar-refractivity contribution in [3.63, 3.8) is 0 Å². The molecule has 4 rings (SSSR count). The maximum Gasteiger partial charge on any atom is 0.737 e. The monoisotopic (exact) mass is 547 g/mol. The van der Waals surface area contributed by atoms with Gasteiger partial charge in [-0.2, -0.15) is 0 Å². The van der Waals surface area contributed by atoms with E-state index in [0.717, 1.165) is 45.1 Å². The van der Waals surface area contributed by atoms with E-state index in [4.69, 9.17) is 5.53 Å². The highest BCUT2D eigenvalue weighted by Gasteiger charge is 2.56. The number of nitrogens with zero attached hydrogens (tertiary/aromatic N) is 5. The number of benzene rings is 1. The van der Waals surface area contributed by atoms with Crippen molar-refractivity contribution in [3.8, 4) is 0 Å². The minimum Gasteiger partial charge on any atom is -0.393 e. The zero-order chi connectivity index (χ0) is 23.2. The van der Waals surface area contributed by atoms with Crippen molar-refractivity contribution in [2.75, 3.05) is 6.54 Å². The van der Waals surface area contributed by atoms with Gasteiger partial charge in [0.2, 0.25) is 0 Å². The molecule has 2 aliphatic heterocycles. The lowest BCUT2D eigenvalue weighted by Crippen LogP contribution is -2.51. The molecule has 0 fully saturated rings. The maximum atomic E-state index is 15.8. The summed E-state index contributed by atoms with van der Waals surface area (Å²) < 4.78 is 35.1. The van der Waals surface area contributed by atoms with Crippen LogP contribution in [0.4, 0.5) is 8.63 Å². The van der Waals surface area contributed by atoms with Crippen molar-refractivity contribution < 1.29 is 13.1 Å². The van der Waals surface area contributed by atoms with Crippen molar-refractivity contribution in [3.05, 3.63) is 83.7 Å². The summed E-state index contributed by atoms with van der Waals surface area (Å²) in [6.45, 7) is 3.92. The molecular weight excluding hydrogens is 522 g/mol. The van der Waals surface area contributed by atoms with Gasteiger partial charge in [0, 0.05) is 29.6 Å². The topological polar surface area (TPSA) is 56.7 Å². The second-order valence-electron chi connectivity index (χ2n) is 8.50. The van der Waals surface area contributed by atoms with Crippen LogP contribution in [-0.4, -0.2) is 28.2 Å². The highest BCUT2D eigenvalue weighted by Crippen LogP contribution is 2.46. The van der Waals surface area contributed by atoms with E-state index in [0.29, 0.717) is 29.3 Å². The lowest BCUT2D eigenvalue weighted by atomic mass is 9.83. The summed E-state index contributed by atoms with van der Waals surface area (Å²) in [6.07, 6.45) is 2.67. The van der Waals surface area contributed by atoms with Crippen LogP contribution in [0.5, 0.6) is 0 Å². The smallest absolute Gasteiger partial charge is 0.393 e. The predicted octanol–water partition coefficient (Wildman–Crippen LogP) is 6.93. The Kier molecular flexibility index (Phi) is 6.07. The molecule has 0 bridgehead atoms. The van der Waals surface area contributed by atoms with Gasteiger partial charge in [0.05, 0.1) is 9.15 Å². The molecule has 2 aliphatic rings. The first-order chi connectivity index (χ1) is 15.2. The SMILES string of the molecule is CC1=C(I)C(C)=[N+]2C1=C(c1ccc(CCCCN=[N+]=[N-])cc1)c1c(C)cc(C)n1[B-]2(F)F. The van der Waals surface area contributed by atoms with Crippen LogP contribution in [0.25, 0.3) is 16.0 Å². The minimum absolute atomic E-state index is 0.506. The normalized spacial score (nSPS) is 17.0. The number of allylic oxidation sites excluding steroid dienone is 2.